The molecule has 0 saturated carbocycles. The largest absolute Gasteiger partial charge is 0.493 e. The molecule has 1 unspecified atom stereocenters. The molecular weight excluding hydrogens is 485 g/mol. The number of benzene rings is 2. The van der Waals surface area contributed by atoms with Crippen LogP contribution in [0.15, 0.2) is 60.8 Å². The number of hydrogen-bond donors (Lipinski definition) is 2. The zero-order valence-corrected chi connectivity index (χ0v) is 19.4. The second-order valence-corrected chi connectivity index (χ2v) is 8.97. The van der Waals surface area contributed by atoms with Crippen molar-refractivity contribution in [3.63, 3.8) is 0 Å². The number of aromatic nitrogens is 3. The molecule has 2 aliphatic rings. The predicted molar refractivity (Wildman–Crippen MR) is 129 cm³/mol. The van der Waals surface area contributed by atoms with Gasteiger partial charge in [0.2, 0.25) is 0 Å². The van der Waals surface area contributed by atoms with Crippen LogP contribution in [0.2, 0.25) is 0 Å². The van der Waals surface area contributed by atoms with E-state index in [4.69, 9.17) is 9.47 Å². The number of Topliss-reactive ketones (excluding diaryl/α,β-unsaturated/α-hetero) is 1. The summed E-state index contributed by atoms with van der Waals surface area (Å²) in [6, 6.07) is 14.1. The molecule has 0 aliphatic carbocycles. The van der Waals surface area contributed by atoms with Gasteiger partial charge in [0.05, 0.1) is 17.9 Å². The Labute approximate surface area is 209 Å². The minimum absolute atomic E-state index is 0.0232. The monoisotopic (exact) mass is 506 g/mol. The van der Waals surface area contributed by atoms with Crippen LogP contribution in [-0.4, -0.2) is 34.1 Å². The third-order valence-electron chi connectivity index (χ3n) is 6.55. The van der Waals surface area contributed by atoms with E-state index in [9.17, 15) is 18.0 Å². The molecule has 0 spiro atoms. The molecule has 2 aliphatic heterocycles. The van der Waals surface area contributed by atoms with E-state index in [1.165, 1.54) is 12.1 Å². The number of anilines is 1. The van der Waals surface area contributed by atoms with Gasteiger partial charge in [0, 0.05) is 42.4 Å². The Morgan fingerprint density at radius 1 is 1.08 bits per heavy atom. The smallest absolute Gasteiger partial charge is 0.417 e. The van der Waals surface area contributed by atoms with Crippen LogP contribution in [0.25, 0.3) is 11.3 Å². The fraction of sp³-hybridized carbons (Fsp3) is 0.222. The molecule has 0 saturated heterocycles. The molecule has 0 fully saturated rings. The fourth-order valence-electron chi connectivity index (χ4n) is 4.75. The Balaban J connectivity index is 1.24. The van der Waals surface area contributed by atoms with Crippen LogP contribution in [0.3, 0.4) is 0 Å². The number of nitrogens with one attached hydrogen (secondary N) is 2. The number of ketones is 1. The number of fused-ring (bicyclic) bond motifs is 2. The first-order valence-corrected chi connectivity index (χ1v) is 11.8. The maximum Gasteiger partial charge on any atom is 0.417 e. The Morgan fingerprint density at radius 3 is 2.81 bits per heavy atom. The van der Waals surface area contributed by atoms with Crippen molar-refractivity contribution in [3.8, 4) is 28.5 Å². The van der Waals surface area contributed by atoms with Crippen molar-refractivity contribution in [2.45, 2.75) is 24.9 Å². The number of nitrogens with zero attached hydrogens (tertiary/aromatic N) is 2. The van der Waals surface area contributed by atoms with Gasteiger partial charge in [-0.05, 0) is 42.3 Å². The molecule has 2 aromatic carbocycles. The van der Waals surface area contributed by atoms with Crippen molar-refractivity contribution < 1.29 is 27.4 Å². The summed E-state index contributed by atoms with van der Waals surface area (Å²) in [7, 11) is 0. The Morgan fingerprint density at radius 2 is 1.95 bits per heavy atom. The van der Waals surface area contributed by atoms with Crippen molar-refractivity contribution in [2.75, 3.05) is 18.5 Å². The first-order chi connectivity index (χ1) is 17.9. The number of carbonyl (C=O) groups excluding carboxylic acids is 1. The molecular formula is C27H21F3N4O3. The van der Waals surface area contributed by atoms with E-state index in [2.05, 4.69) is 20.5 Å². The van der Waals surface area contributed by atoms with E-state index in [1.54, 1.807) is 30.5 Å². The summed E-state index contributed by atoms with van der Waals surface area (Å²) in [6.45, 7) is 0.894. The van der Waals surface area contributed by atoms with Crippen LogP contribution in [0.4, 0.5) is 19.0 Å². The number of hydrogen-bond acceptors (Lipinski definition) is 6. The van der Waals surface area contributed by atoms with Crippen LogP contribution in [0.5, 0.6) is 17.2 Å². The lowest BCUT2D eigenvalue weighted by Crippen LogP contribution is -2.20. The molecule has 1 atom stereocenters. The summed E-state index contributed by atoms with van der Waals surface area (Å²) in [5.41, 5.74) is 1.52. The summed E-state index contributed by atoms with van der Waals surface area (Å²) in [4.78, 5) is 16.7. The van der Waals surface area contributed by atoms with Gasteiger partial charge < -0.3 is 14.8 Å². The van der Waals surface area contributed by atoms with Crippen molar-refractivity contribution in [3.05, 3.63) is 83.2 Å². The lowest BCUT2D eigenvalue weighted by Gasteiger charge is -2.25. The normalized spacial score (nSPS) is 16.8. The van der Waals surface area contributed by atoms with Crippen LogP contribution in [-0.2, 0) is 12.6 Å². The minimum atomic E-state index is -4.48. The van der Waals surface area contributed by atoms with Crippen molar-refractivity contribution in [2.24, 2.45) is 0 Å². The van der Waals surface area contributed by atoms with Crippen molar-refractivity contribution >= 4 is 11.6 Å². The minimum Gasteiger partial charge on any atom is -0.493 e. The quantitative estimate of drug-likeness (QED) is 0.353. The molecule has 37 heavy (non-hydrogen) atoms. The Kier molecular flexibility index (Phi) is 5.58. The van der Waals surface area contributed by atoms with Crippen LogP contribution < -0.4 is 14.8 Å². The maximum atomic E-state index is 13.5. The topological polar surface area (TPSA) is 89.1 Å². The van der Waals surface area contributed by atoms with Gasteiger partial charge in [-0.3, -0.25) is 9.89 Å². The van der Waals surface area contributed by atoms with Gasteiger partial charge in [-0.25, -0.2) is 4.98 Å². The standard InChI is InChI=1S/C27H21F3N4O3/c28-27(29,30)19-4-2-1-3-18(19)21-13-20(33-34-21)16-11-15-12-17(5-6-23(15)36-14-16)37-24-8-10-32-26-25(24)22(35)7-9-31-26/h1-6,8,10,12-13,16H,7,9,11,14H2,(H,31,32)(H,33,34). The third kappa shape index (κ3) is 4.39. The SMILES string of the molecule is O=C1CCNc2nccc(Oc3ccc4c(c3)CC(c3cc(-c5ccccc5C(F)(F)F)n[nH]3)CO4)c21. The number of aromatic amines is 1. The van der Waals surface area contributed by atoms with Crippen LogP contribution in [0.1, 0.15) is 39.5 Å². The van der Waals surface area contributed by atoms with Crippen LogP contribution >= 0.6 is 0 Å². The van der Waals surface area contributed by atoms with Gasteiger partial charge in [-0.1, -0.05) is 18.2 Å². The molecule has 0 bridgehead atoms. The van der Waals surface area contributed by atoms with E-state index in [0.717, 1.165) is 11.6 Å². The predicted octanol–water partition coefficient (Wildman–Crippen LogP) is 6.00. The number of pyridine rings is 1. The van der Waals surface area contributed by atoms with Gasteiger partial charge in [0.25, 0.3) is 0 Å². The number of H-pyrrole nitrogens is 1. The molecule has 2 aromatic heterocycles. The summed E-state index contributed by atoms with van der Waals surface area (Å²) >= 11 is 0. The second kappa shape index (κ2) is 8.95. The number of alkyl halides is 3. The number of carbonyl (C=O) groups is 1. The molecule has 0 amide bonds. The van der Waals surface area contributed by atoms with Crippen molar-refractivity contribution in [1.82, 2.24) is 15.2 Å². The van der Waals surface area contributed by atoms with Gasteiger partial charge in [-0.2, -0.15) is 18.3 Å². The molecule has 188 valence electrons. The average molecular weight is 506 g/mol. The number of ether oxygens (including phenoxy) is 2. The van der Waals surface area contributed by atoms with Gasteiger partial charge in [-0.15, -0.1) is 0 Å². The van der Waals surface area contributed by atoms with Crippen molar-refractivity contribution in [1.29, 1.82) is 0 Å². The fourth-order valence-corrected chi connectivity index (χ4v) is 4.75. The Hall–Kier alpha value is -4.34. The Bertz CT molecular complexity index is 1500. The maximum absolute atomic E-state index is 13.5. The number of rotatable bonds is 4. The first-order valence-electron chi connectivity index (χ1n) is 11.8. The highest BCUT2D eigenvalue weighted by molar-refractivity contribution is 6.04. The van der Waals surface area contributed by atoms with Gasteiger partial charge in [0.1, 0.15) is 28.6 Å². The summed E-state index contributed by atoms with van der Waals surface area (Å²) < 4.78 is 52.4. The zero-order valence-electron chi connectivity index (χ0n) is 19.4. The summed E-state index contributed by atoms with van der Waals surface area (Å²) in [6.07, 6.45) is -1.95. The third-order valence-corrected chi connectivity index (χ3v) is 6.55. The van der Waals surface area contributed by atoms with E-state index < -0.39 is 11.7 Å². The van der Waals surface area contributed by atoms with E-state index >= 15 is 0 Å². The van der Waals surface area contributed by atoms with Gasteiger partial charge >= 0.3 is 6.18 Å². The van der Waals surface area contributed by atoms with E-state index in [1.807, 2.05) is 12.1 Å². The molecule has 2 N–H and O–H groups in total. The lowest BCUT2D eigenvalue weighted by atomic mass is 9.93. The molecule has 0 radical (unpaired) electrons. The second-order valence-electron chi connectivity index (χ2n) is 8.97. The lowest BCUT2D eigenvalue weighted by molar-refractivity contribution is -0.137. The average Bonchev–Trinajstić information content (AvgIpc) is 3.38. The number of halogens is 3. The summed E-state index contributed by atoms with van der Waals surface area (Å²) in [5.74, 6) is 2.02. The molecule has 4 aromatic rings. The molecule has 4 heterocycles. The molecule has 7 nitrogen and oxygen atoms in total. The molecule has 10 heteroatoms. The van der Waals surface area contributed by atoms with Crippen LogP contribution in [0, 0.1) is 0 Å². The van der Waals surface area contributed by atoms with Gasteiger partial charge in [0.15, 0.2) is 5.78 Å². The summed E-state index contributed by atoms with van der Waals surface area (Å²) in [5, 5.41) is 10.2. The first kappa shape index (κ1) is 23.1. The zero-order chi connectivity index (χ0) is 25.6. The molecule has 6 rings (SSSR count). The highest BCUT2D eigenvalue weighted by Gasteiger charge is 2.34. The van der Waals surface area contributed by atoms with E-state index in [-0.39, 0.29) is 23.0 Å². The highest BCUT2D eigenvalue weighted by atomic mass is 19.4. The van der Waals surface area contributed by atoms with E-state index in [0.29, 0.717) is 60.3 Å². The highest BCUT2D eigenvalue weighted by Crippen LogP contribution is 2.40.